The number of fused-ring (bicyclic) bond motifs is 1. The smallest absolute Gasteiger partial charge is 0.377 e. The number of aromatic hydroxyl groups is 1. The van der Waals surface area contributed by atoms with Crippen LogP contribution in [0.1, 0.15) is 10.4 Å². The van der Waals surface area contributed by atoms with E-state index in [1.54, 1.807) is 12.1 Å². The zero-order valence-electron chi connectivity index (χ0n) is 8.43. The number of rotatable bonds is 2. The second kappa shape index (κ2) is 3.75. The third-order valence-corrected chi connectivity index (χ3v) is 2.32. The number of aliphatic carboxylic acids is 1. The molecule has 0 spiro atoms. The van der Waals surface area contributed by atoms with Gasteiger partial charge >= 0.3 is 5.97 Å². The largest absolute Gasteiger partial charge is 0.502 e. The summed E-state index contributed by atoms with van der Waals surface area (Å²) in [5.74, 6) is -3.92. The van der Waals surface area contributed by atoms with Gasteiger partial charge in [-0.05, 0) is 6.07 Å². The molecule has 2 aromatic rings. The van der Waals surface area contributed by atoms with E-state index in [0.29, 0.717) is 5.52 Å². The molecular weight excluding hydrogens is 226 g/mol. The van der Waals surface area contributed by atoms with Crippen LogP contribution >= 0.6 is 0 Å². The van der Waals surface area contributed by atoms with Crippen LogP contribution in [0.5, 0.6) is 5.75 Å². The van der Waals surface area contributed by atoms with Crippen molar-refractivity contribution in [2.75, 3.05) is 0 Å². The molecule has 1 heterocycles. The summed E-state index contributed by atoms with van der Waals surface area (Å²) in [6.45, 7) is 0. The number of carboxylic acid groups (broad SMARTS) is 1. The topological polar surface area (TPSA) is 107 Å². The van der Waals surface area contributed by atoms with Crippen LogP contribution in [-0.2, 0) is 4.79 Å². The van der Waals surface area contributed by atoms with Crippen molar-refractivity contribution in [2.24, 2.45) is 0 Å². The Kier molecular flexibility index (Phi) is 2.40. The highest BCUT2D eigenvalue weighted by atomic mass is 16.4. The molecule has 2 rings (SSSR count). The highest BCUT2D eigenvalue weighted by Crippen LogP contribution is 2.22. The molecule has 1 aromatic carbocycles. The zero-order chi connectivity index (χ0) is 12.6. The molecule has 3 N–H and O–H groups in total. The number of aromatic amines is 1. The summed E-state index contributed by atoms with van der Waals surface area (Å²) in [4.78, 5) is 35.7. The first-order chi connectivity index (χ1) is 8.02. The van der Waals surface area contributed by atoms with E-state index in [1.807, 2.05) is 0 Å². The van der Waals surface area contributed by atoms with Crippen molar-refractivity contribution in [1.82, 2.24) is 4.98 Å². The van der Waals surface area contributed by atoms with E-state index in [2.05, 4.69) is 4.98 Å². The number of carbonyl (C=O) groups excluding carboxylic acids is 1. The average Bonchev–Trinajstić information content (AvgIpc) is 2.30. The zero-order valence-corrected chi connectivity index (χ0v) is 8.43. The Hall–Kier alpha value is -2.63. The van der Waals surface area contributed by atoms with E-state index in [9.17, 15) is 19.5 Å². The number of hydrogen-bond acceptors (Lipinski definition) is 4. The van der Waals surface area contributed by atoms with Gasteiger partial charge < -0.3 is 15.2 Å². The molecular formula is C11H7NO5. The minimum Gasteiger partial charge on any atom is -0.502 e. The van der Waals surface area contributed by atoms with Crippen LogP contribution in [-0.4, -0.2) is 26.9 Å². The first-order valence-electron chi connectivity index (χ1n) is 4.64. The summed E-state index contributed by atoms with van der Waals surface area (Å²) in [7, 11) is 0. The standard InChI is InChI=1S/C11H7NO5/c13-8-7(9(14)11(16)17)5-3-1-2-4-6(5)12-10(8)15/h1-4,13H,(H,12,15)(H,16,17). The number of aromatic nitrogens is 1. The van der Waals surface area contributed by atoms with Crippen LogP contribution < -0.4 is 5.56 Å². The van der Waals surface area contributed by atoms with Crippen LogP contribution in [0.2, 0.25) is 0 Å². The average molecular weight is 233 g/mol. The van der Waals surface area contributed by atoms with E-state index in [0.717, 1.165) is 0 Å². The fraction of sp³-hybridized carbons (Fsp3) is 0. The number of para-hydroxylation sites is 1. The number of carboxylic acids is 1. The Morgan fingerprint density at radius 2 is 1.82 bits per heavy atom. The Bertz CT molecular complexity index is 686. The van der Waals surface area contributed by atoms with Crippen LogP contribution in [0, 0.1) is 0 Å². The summed E-state index contributed by atoms with van der Waals surface area (Å²) in [5, 5.41) is 18.3. The van der Waals surface area contributed by atoms with Crippen molar-refractivity contribution in [3.63, 3.8) is 0 Å². The van der Waals surface area contributed by atoms with E-state index >= 15 is 0 Å². The monoisotopic (exact) mass is 233 g/mol. The fourth-order valence-corrected chi connectivity index (χ4v) is 1.57. The van der Waals surface area contributed by atoms with Crippen LogP contribution in [0.25, 0.3) is 10.9 Å². The molecule has 86 valence electrons. The molecule has 0 bridgehead atoms. The predicted octanol–water partition coefficient (Wildman–Crippen LogP) is 0.501. The highest BCUT2D eigenvalue weighted by Gasteiger charge is 2.23. The van der Waals surface area contributed by atoms with Gasteiger partial charge in [0, 0.05) is 10.9 Å². The SMILES string of the molecule is O=C(O)C(=O)c1c(O)c(=O)[nH]c2ccccc12. The molecule has 0 aliphatic rings. The van der Waals surface area contributed by atoms with Crippen molar-refractivity contribution < 1.29 is 19.8 Å². The minimum absolute atomic E-state index is 0.192. The van der Waals surface area contributed by atoms with Gasteiger partial charge in [-0.1, -0.05) is 18.2 Å². The fourth-order valence-electron chi connectivity index (χ4n) is 1.57. The molecule has 0 radical (unpaired) electrons. The number of H-pyrrole nitrogens is 1. The van der Waals surface area contributed by atoms with Gasteiger partial charge in [0.2, 0.25) is 0 Å². The van der Waals surface area contributed by atoms with E-state index in [1.165, 1.54) is 12.1 Å². The Morgan fingerprint density at radius 3 is 2.47 bits per heavy atom. The van der Waals surface area contributed by atoms with E-state index in [4.69, 9.17) is 5.11 Å². The maximum absolute atomic E-state index is 11.4. The predicted molar refractivity (Wildman–Crippen MR) is 58.2 cm³/mol. The van der Waals surface area contributed by atoms with E-state index in [-0.39, 0.29) is 5.39 Å². The van der Waals surface area contributed by atoms with Gasteiger partial charge in [-0.3, -0.25) is 9.59 Å². The van der Waals surface area contributed by atoms with Crippen molar-refractivity contribution in [3.05, 3.63) is 40.2 Å². The van der Waals surface area contributed by atoms with Gasteiger partial charge in [-0.2, -0.15) is 0 Å². The molecule has 6 nitrogen and oxygen atoms in total. The molecule has 0 saturated heterocycles. The first-order valence-corrected chi connectivity index (χ1v) is 4.64. The molecule has 1 aromatic heterocycles. The molecule has 17 heavy (non-hydrogen) atoms. The lowest BCUT2D eigenvalue weighted by Crippen LogP contribution is -2.18. The maximum atomic E-state index is 11.4. The molecule has 0 aliphatic heterocycles. The van der Waals surface area contributed by atoms with Crippen molar-refractivity contribution >= 4 is 22.7 Å². The molecule has 0 atom stereocenters. The third-order valence-electron chi connectivity index (χ3n) is 2.32. The van der Waals surface area contributed by atoms with Crippen LogP contribution in [0.3, 0.4) is 0 Å². The lowest BCUT2D eigenvalue weighted by molar-refractivity contribution is -0.131. The van der Waals surface area contributed by atoms with Gasteiger partial charge in [-0.15, -0.1) is 0 Å². The van der Waals surface area contributed by atoms with Gasteiger partial charge in [-0.25, -0.2) is 4.79 Å². The molecule has 0 amide bonds. The van der Waals surface area contributed by atoms with Crippen molar-refractivity contribution in [3.8, 4) is 5.75 Å². The molecule has 0 fully saturated rings. The van der Waals surface area contributed by atoms with Crippen molar-refractivity contribution in [1.29, 1.82) is 0 Å². The Morgan fingerprint density at radius 1 is 1.18 bits per heavy atom. The van der Waals surface area contributed by atoms with Crippen LogP contribution in [0.15, 0.2) is 29.1 Å². The third kappa shape index (κ3) is 1.65. The van der Waals surface area contributed by atoms with Gasteiger partial charge in [0.25, 0.3) is 11.3 Å². The summed E-state index contributed by atoms with van der Waals surface area (Å²) < 4.78 is 0. The Balaban J connectivity index is 2.93. The van der Waals surface area contributed by atoms with Crippen LogP contribution in [0.4, 0.5) is 0 Å². The minimum atomic E-state index is -1.73. The lowest BCUT2D eigenvalue weighted by Gasteiger charge is -2.04. The second-order valence-corrected chi connectivity index (χ2v) is 3.36. The summed E-state index contributed by atoms with van der Waals surface area (Å²) in [6.07, 6.45) is 0. The molecule has 0 unspecified atom stereocenters. The second-order valence-electron chi connectivity index (χ2n) is 3.36. The summed E-state index contributed by atoms with van der Waals surface area (Å²) >= 11 is 0. The number of benzene rings is 1. The summed E-state index contributed by atoms with van der Waals surface area (Å²) in [6, 6.07) is 6.14. The van der Waals surface area contributed by atoms with Crippen molar-refractivity contribution in [2.45, 2.75) is 0 Å². The number of ketones is 1. The maximum Gasteiger partial charge on any atom is 0.377 e. The number of pyridine rings is 1. The quantitative estimate of drug-likeness (QED) is 0.517. The Labute approximate surface area is 94.1 Å². The normalized spacial score (nSPS) is 10.4. The van der Waals surface area contributed by atoms with Gasteiger partial charge in [0.15, 0.2) is 5.75 Å². The van der Waals surface area contributed by atoms with Gasteiger partial charge in [0.05, 0.1) is 5.56 Å². The number of hydrogen-bond donors (Lipinski definition) is 3. The first kappa shape index (κ1) is 10.9. The number of nitrogens with one attached hydrogen (secondary N) is 1. The van der Waals surface area contributed by atoms with Gasteiger partial charge in [0.1, 0.15) is 0 Å². The highest BCUT2D eigenvalue weighted by molar-refractivity contribution is 6.42. The van der Waals surface area contributed by atoms with E-state index < -0.39 is 28.6 Å². The molecule has 6 heteroatoms. The molecule has 0 saturated carbocycles. The molecule has 0 aliphatic carbocycles. The summed E-state index contributed by atoms with van der Waals surface area (Å²) in [5.41, 5.74) is -1.09. The lowest BCUT2D eigenvalue weighted by atomic mass is 10.0. The number of carbonyl (C=O) groups is 2. The number of Topliss-reactive ketones (excluding diaryl/α,β-unsaturated/α-hetero) is 1.